The van der Waals surface area contributed by atoms with Crippen molar-refractivity contribution in [2.24, 2.45) is 5.92 Å². The number of halogens is 1. The van der Waals surface area contributed by atoms with Gasteiger partial charge in [0.05, 0.1) is 11.4 Å². The number of hydrogen-bond donors (Lipinski definition) is 0. The third-order valence-corrected chi connectivity index (χ3v) is 8.33. The van der Waals surface area contributed by atoms with Gasteiger partial charge in [0.2, 0.25) is 15.9 Å². The van der Waals surface area contributed by atoms with E-state index < -0.39 is 15.8 Å². The second kappa shape index (κ2) is 10.1. The summed E-state index contributed by atoms with van der Waals surface area (Å²) in [7, 11) is -3.71. The zero-order valence-corrected chi connectivity index (χ0v) is 19.2. The number of rotatable bonds is 6. The Morgan fingerprint density at radius 1 is 0.848 bits per heavy atom. The van der Waals surface area contributed by atoms with E-state index in [4.69, 9.17) is 0 Å². The van der Waals surface area contributed by atoms with Crippen LogP contribution in [0.4, 0.5) is 4.39 Å². The maximum absolute atomic E-state index is 13.1. The summed E-state index contributed by atoms with van der Waals surface area (Å²) in [5.41, 5.74) is 0.737. The molecular weight excluding hydrogens is 445 g/mol. The molecular formula is C24H28FN3O4S. The van der Waals surface area contributed by atoms with Crippen LogP contribution in [-0.4, -0.2) is 80.0 Å². The van der Waals surface area contributed by atoms with Crippen LogP contribution in [-0.2, 0) is 14.8 Å². The molecule has 2 aromatic carbocycles. The fourth-order valence-corrected chi connectivity index (χ4v) is 5.84. The maximum Gasteiger partial charge on any atom is 0.243 e. The molecule has 2 heterocycles. The minimum absolute atomic E-state index is 0.0148. The van der Waals surface area contributed by atoms with E-state index >= 15 is 0 Å². The number of amides is 1. The molecule has 0 aliphatic carbocycles. The molecule has 9 heteroatoms. The Morgan fingerprint density at radius 2 is 1.45 bits per heavy atom. The molecule has 33 heavy (non-hydrogen) atoms. The monoisotopic (exact) mass is 473 g/mol. The number of Topliss-reactive ketones (excluding diaryl/α,β-unsaturated/α-hetero) is 1. The largest absolute Gasteiger partial charge is 0.339 e. The lowest BCUT2D eigenvalue weighted by molar-refractivity contribution is -0.133. The zero-order valence-electron chi connectivity index (χ0n) is 18.4. The van der Waals surface area contributed by atoms with Gasteiger partial charge in [-0.05, 0) is 50.2 Å². The van der Waals surface area contributed by atoms with Gasteiger partial charge in [0, 0.05) is 37.7 Å². The first-order chi connectivity index (χ1) is 15.8. The van der Waals surface area contributed by atoms with Gasteiger partial charge in [0.1, 0.15) is 5.82 Å². The third kappa shape index (κ3) is 5.48. The molecule has 176 valence electrons. The summed E-state index contributed by atoms with van der Waals surface area (Å²) < 4.78 is 39.9. The van der Waals surface area contributed by atoms with E-state index in [2.05, 4.69) is 4.90 Å². The van der Waals surface area contributed by atoms with Crippen molar-refractivity contribution in [3.05, 3.63) is 66.0 Å². The van der Waals surface area contributed by atoms with E-state index in [0.29, 0.717) is 26.2 Å². The van der Waals surface area contributed by atoms with Gasteiger partial charge in [-0.2, -0.15) is 4.31 Å². The molecule has 0 spiro atoms. The average molecular weight is 474 g/mol. The van der Waals surface area contributed by atoms with Gasteiger partial charge >= 0.3 is 0 Å². The molecule has 2 saturated heterocycles. The summed E-state index contributed by atoms with van der Waals surface area (Å²) in [6, 6.07) is 14.1. The first-order valence-corrected chi connectivity index (χ1v) is 12.6. The fraction of sp³-hybridized carbons (Fsp3) is 0.417. The van der Waals surface area contributed by atoms with Gasteiger partial charge in [-0.15, -0.1) is 0 Å². The molecule has 0 atom stereocenters. The second-order valence-corrected chi connectivity index (χ2v) is 10.5. The van der Waals surface area contributed by atoms with Gasteiger partial charge in [-0.1, -0.05) is 30.3 Å². The topological polar surface area (TPSA) is 78.0 Å². The molecule has 0 aromatic heterocycles. The van der Waals surface area contributed by atoms with E-state index in [1.54, 1.807) is 4.90 Å². The standard InChI is InChI=1S/C24H28FN3O4S/c25-21-6-8-22(9-7-21)33(31,32)28-16-14-27(15-17-28)23(29)18-26-12-10-20(11-13-26)24(30)19-4-2-1-3-5-19/h1-9,20H,10-18H2. The molecule has 2 aromatic rings. The second-order valence-electron chi connectivity index (χ2n) is 8.52. The van der Waals surface area contributed by atoms with Gasteiger partial charge < -0.3 is 4.90 Å². The number of benzene rings is 2. The zero-order chi connectivity index (χ0) is 23.4. The Kier molecular flexibility index (Phi) is 7.21. The maximum atomic E-state index is 13.1. The van der Waals surface area contributed by atoms with Crippen LogP contribution >= 0.6 is 0 Å². The van der Waals surface area contributed by atoms with Crippen molar-refractivity contribution in [3.63, 3.8) is 0 Å². The number of piperidine rings is 1. The summed E-state index contributed by atoms with van der Waals surface area (Å²) in [5.74, 6) is -0.362. The minimum Gasteiger partial charge on any atom is -0.339 e. The van der Waals surface area contributed by atoms with Crippen molar-refractivity contribution in [3.8, 4) is 0 Å². The van der Waals surface area contributed by atoms with Crippen molar-refractivity contribution < 1.29 is 22.4 Å². The van der Waals surface area contributed by atoms with Crippen LogP contribution in [0.2, 0.25) is 0 Å². The number of carbonyl (C=O) groups is 2. The number of sulfonamides is 1. The first-order valence-electron chi connectivity index (χ1n) is 11.2. The van der Waals surface area contributed by atoms with Gasteiger partial charge in [-0.3, -0.25) is 14.5 Å². The molecule has 0 bridgehead atoms. The van der Waals surface area contributed by atoms with Gasteiger partial charge in [-0.25, -0.2) is 12.8 Å². The SMILES string of the molecule is O=C(c1ccccc1)C1CCN(CC(=O)N2CCN(S(=O)(=O)c3ccc(F)cc3)CC2)CC1. The van der Waals surface area contributed by atoms with Crippen molar-refractivity contribution in [2.75, 3.05) is 45.8 Å². The molecule has 0 saturated carbocycles. The Bertz CT molecular complexity index is 1080. The summed E-state index contributed by atoms with van der Waals surface area (Å²) in [4.78, 5) is 29.2. The predicted octanol–water partition coefficient (Wildman–Crippen LogP) is 2.25. The molecule has 0 unspecified atom stereocenters. The lowest BCUT2D eigenvalue weighted by atomic mass is 9.89. The Labute approximate surface area is 193 Å². The van der Waals surface area contributed by atoms with E-state index in [1.807, 2.05) is 30.3 Å². The number of carbonyl (C=O) groups excluding carboxylic acids is 2. The highest BCUT2D eigenvalue weighted by Gasteiger charge is 2.32. The molecule has 1 amide bonds. The van der Waals surface area contributed by atoms with Crippen LogP contribution in [0.1, 0.15) is 23.2 Å². The Hall–Kier alpha value is -2.62. The molecule has 2 fully saturated rings. The quantitative estimate of drug-likeness (QED) is 0.602. The number of piperazine rings is 1. The van der Waals surface area contributed by atoms with Crippen LogP contribution in [0.3, 0.4) is 0 Å². The van der Waals surface area contributed by atoms with E-state index in [9.17, 15) is 22.4 Å². The first kappa shape index (κ1) is 23.5. The van der Waals surface area contributed by atoms with Crippen molar-refractivity contribution in [2.45, 2.75) is 17.7 Å². The highest BCUT2D eigenvalue weighted by Crippen LogP contribution is 2.22. The molecule has 2 aliphatic heterocycles. The smallest absolute Gasteiger partial charge is 0.243 e. The lowest BCUT2D eigenvalue weighted by Gasteiger charge is -2.36. The van der Waals surface area contributed by atoms with E-state index in [-0.39, 0.29) is 42.1 Å². The van der Waals surface area contributed by atoms with Crippen LogP contribution < -0.4 is 0 Å². The summed E-state index contributed by atoms with van der Waals surface area (Å²) >= 11 is 0. The summed E-state index contributed by atoms with van der Waals surface area (Å²) in [5, 5.41) is 0. The van der Waals surface area contributed by atoms with Crippen molar-refractivity contribution >= 4 is 21.7 Å². The lowest BCUT2D eigenvalue weighted by Crippen LogP contribution is -2.53. The normalized spacial score (nSPS) is 18.9. The van der Waals surface area contributed by atoms with E-state index in [0.717, 1.165) is 30.5 Å². The molecule has 7 nitrogen and oxygen atoms in total. The molecule has 0 radical (unpaired) electrons. The van der Waals surface area contributed by atoms with Crippen molar-refractivity contribution in [1.29, 1.82) is 0 Å². The fourth-order valence-electron chi connectivity index (χ4n) is 4.42. The number of likely N-dealkylation sites (tertiary alicyclic amines) is 1. The highest BCUT2D eigenvalue weighted by atomic mass is 32.2. The van der Waals surface area contributed by atoms with Crippen LogP contribution in [0, 0.1) is 11.7 Å². The van der Waals surface area contributed by atoms with Crippen LogP contribution in [0.5, 0.6) is 0 Å². The Morgan fingerprint density at radius 3 is 2.06 bits per heavy atom. The van der Waals surface area contributed by atoms with Crippen LogP contribution in [0.25, 0.3) is 0 Å². The average Bonchev–Trinajstić information content (AvgIpc) is 2.85. The number of nitrogens with zero attached hydrogens (tertiary/aromatic N) is 3. The highest BCUT2D eigenvalue weighted by molar-refractivity contribution is 7.89. The Balaban J connectivity index is 1.24. The minimum atomic E-state index is -3.71. The molecule has 4 rings (SSSR count). The van der Waals surface area contributed by atoms with E-state index in [1.165, 1.54) is 16.4 Å². The summed E-state index contributed by atoms with van der Waals surface area (Å²) in [6.07, 6.45) is 1.45. The number of ketones is 1. The van der Waals surface area contributed by atoms with Gasteiger partial charge in [0.25, 0.3) is 0 Å². The van der Waals surface area contributed by atoms with Crippen LogP contribution in [0.15, 0.2) is 59.5 Å². The summed E-state index contributed by atoms with van der Waals surface area (Å²) in [6.45, 7) is 2.71. The molecule has 0 N–H and O–H groups in total. The van der Waals surface area contributed by atoms with Gasteiger partial charge in [0.15, 0.2) is 5.78 Å². The number of hydrogen-bond acceptors (Lipinski definition) is 5. The third-order valence-electron chi connectivity index (χ3n) is 6.42. The molecule has 2 aliphatic rings. The predicted molar refractivity (Wildman–Crippen MR) is 122 cm³/mol. The van der Waals surface area contributed by atoms with Crippen molar-refractivity contribution in [1.82, 2.24) is 14.1 Å².